The highest BCUT2D eigenvalue weighted by Gasteiger charge is 2.10. The van der Waals surface area contributed by atoms with E-state index in [1.165, 1.54) is 44.7 Å². The van der Waals surface area contributed by atoms with E-state index in [1.807, 2.05) is 12.3 Å². The Morgan fingerprint density at radius 1 is 1.06 bits per heavy atom. The Morgan fingerprint density at radius 3 is 2.31 bits per heavy atom. The van der Waals surface area contributed by atoms with E-state index in [-0.39, 0.29) is 0 Å². The summed E-state index contributed by atoms with van der Waals surface area (Å²) in [6.07, 6.45) is 8.70. The number of rotatable bonds is 2. The lowest BCUT2D eigenvalue weighted by Crippen LogP contribution is -2.09. The van der Waals surface area contributed by atoms with Gasteiger partial charge >= 0.3 is 0 Å². The molecule has 0 unspecified atom stereocenters. The highest BCUT2D eigenvalue weighted by molar-refractivity contribution is 5.79. The van der Waals surface area contributed by atoms with Crippen molar-refractivity contribution in [2.24, 2.45) is 10.7 Å². The molecule has 2 rings (SSSR count). The molecule has 0 amide bonds. The fourth-order valence-electron chi connectivity index (χ4n) is 1.96. The van der Waals surface area contributed by atoms with Crippen molar-refractivity contribution in [2.45, 2.75) is 38.1 Å². The van der Waals surface area contributed by atoms with E-state index in [1.54, 1.807) is 0 Å². The Hall–Kier alpha value is -1.15. The zero-order valence-electron chi connectivity index (χ0n) is 10.1. The summed E-state index contributed by atoms with van der Waals surface area (Å²) in [5.74, 6) is 0. The molecule has 1 aliphatic carbocycles. The van der Waals surface area contributed by atoms with Crippen LogP contribution in [0.2, 0.25) is 0 Å². The van der Waals surface area contributed by atoms with Gasteiger partial charge in [0.2, 0.25) is 0 Å². The van der Waals surface area contributed by atoms with Crippen LogP contribution in [-0.4, -0.2) is 19.3 Å². The maximum absolute atomic E-state index is 4.63. The quantitative estimate of drug-likeness (QED) is 0.761. The molecule has 0 heterocycles. The second-order valence-electron chi connectivity index (χ2n) is 3.98. The van der Waals surface area contributed by atoms with E-state index in [0.717, 1.165) is 0 Å². The Kier molecular flexibility index (Phi) is 6.50. The van der Waals surface area contributed by atoms with Gasteiger partial charge in [0.1, 0.15) is 0 Å². The molecule has 0 bridgehead atoms. The second-order valence-corrected chi connectivity index (χ2v) is 3.98. The van der Waals surface area contributed by atoms with E-state index in [2.05, 4.69) is 35.0 Å². The van der Waals surface area contributed by atoms with Gasteiger partial charge in [0, 0.05) is 12.3 Å². The molecule has 1 aromatic carbocycles. The van der Waals surface area contributed by atoms with Gasteiger partial charge in [-0.15, -0.1) is 0 Å². The van der Waals surface area contributed by atoms with Crippen LogP contribution in [0.5, 0.6) is 0 Å². The van der Waals surface area contributed by atoms with Crippen LogP contribution in [0.1, 0.15) is 37.7 Å². The van der Waals surface area contributed by atoms with Crippen molar-refractivity contribution >= 4 is 6.21 Å². The Bertz CT molecular complexity index is 287. The number of nitrogens with two attached hydrogens (primary N) is 1. The topological polar surface area (TPSA) is 38.4 Å². The third-order valence-electron chi connectivity index (χ3n) is 2.81. The molecule has 1 fully saturated rings. The minimum Gasteiger partial charge on any atom is -0.333 e. The first-order valence-electron chi connectivity index (χ1n) is 6.11. The SMILES string of the molecule is C(=NC1CCCCC1)c1ccccc1.CN. The maximum atomic E-state index is 4.63. The molecule has 2 heteroatoms. The summed E-state index contributed by atoms with van der Waals surface area (Å²) in [7, 11) is 1.50. The van der Waals surface area contributed by atoms with Crippen molar-refractivity contribution < 1.29 is 0 Å². The first-order valence-corrected chi connectivity index (χ1v) is 6.11. The lowest BCUT2D eigenvalue weighted by Gasteiger charge is -2.16. The monoisotopic (exact) mass is 218 g/mol. The Balaban J connectivity index is 0.000000606. The largest absolute Gasteiger partial charge is 0.333 e. The van der Waals surface area contributed by atoms with E-state index in [0.29, 0.717) is 6.04 Å². The van der Waals surface area contributed by atoms with Crippen LogP contribution in [0.15, 0.2) is 35.3 Å². The molecule has 1 aliphatic rings. The van der Waals surface area contributed by atoms with Gasteiger partial charge in [0.05, 0.1) is 0 Å². The van der Waals surface area contributed by atoms with Gasteiger partial charge in [-0.25, -0.2) is 0 Å². The molecule has 0 atom stereocenters. The molecule has 16 heavy (non-hydrogen) atoms. The summed E-state index contributed by atoms with van der Waals surface area (Å²) in [6.45, 7) is 0. The van der Waals surface area contributed by atoms with Gasteiger partial charge in [0.15, 0.2) is 0 Å². The lowest BCUT2D eigenvalue weighted by atomic mass is 9.96. The average Bonchev–Trinajstić information content (AvgIpc) is 2.41. The average molecular weight is 218 g/mol. The van der Waals surface area contributed by atoms with Crippen molar-refractivity contribution in [1.29, 1.82) is 0 Å². The smallest absolute Gasteiger partial charge is 0.0499 e. The molecule has 1 aromatic rings. The molecular weight excluding hydrogens is 196 g/mol. The molecule has 0 radical (unpaired) electrons. The fraction of sp³-hybridized carbons (Fsp3) is 0.500. The Labute approximate surface area is 98.6 Å². The van der Waals surface area contributed by atoms with Crippen LogP contribution in [-0.2, 0) is 0 Å². The van der Waals surface area contributed by atoms with E-state index >= 15 is 0 Å². The molecule has 0 aliphatic heterocycles. The molecule has 0 aromatic heterocycles. The minimum atomic E-state index is 0.587. The Morgan fingerprint density at radius 2 is 1.69 bits per heavy atom. The van der Waals surface area contributed by atoms with E-state index < -0.39 is 0 Å². The van der Waals surface area contributed by atoms with Crippen molar-refractivity contribution in [3.05, 3.63) is 35.9 Å². The van der Waals surface area contributed by atoms with Crippen molar-refractivity contribution in [3.8, 4) is 0 Å². The molecule has 2 N–H and O–H groups in total. The first kappa shape index (κ1) is 12.9. The summed E-state index contributed by atoms with van der Waals surface area (Å²) < 4.78 is 0. The summed E-state index contributed by atoms with van der Waals surface area (Å²) in [5.41, 5.74) is 5.72. The van der Waals surface area contributed by atoms with Crippen molar-refractivity contribution in [1.82, 2.24) is 0 Å². The summed E-state index contributed by atoms with van der Waals surface area (Å²) in [6, 6.07) is 10.9. The predicted molar refractivity (Wildman–Crippen MR) is 71.0 cm³/mol. The van der Waals surface area contributed by atoms with Gasteiger partial charge in [0.25, 0.3) is 0 Å². The van der Waals surface area contributed by atoms with Crippen LogP contribution in [0.3, 0.4) is 0 Å². The number of aliphatic imine (C=N–C) groups is 1. The standard InChI is InChI=1S/C13H17N.CH5N/c1-3-7-12(8-4-1)11-14-13-9-5-2-6-10-13;1-2/h1,3-4,7-8,11,13H,2,5-6,9-10H2;2H2,1H3. The zero-order valence-corrected chi connectivity index (χ0v) is 10.1. The first-order chi connectivity index (χ1) is 7.95. The zero-order chi connectivity index (χ0) is 11.6. The molecule has 88 valence electrons. The number of nitrogens with zero attached hydrogens (tertiary/aromatic N) is 1. The number of benzene rings is 1. The molecule has 0 spiro atoms. The molecule has 1 saturated carbocycles. The van der Waals surface area contributed by atoms with Gasteiger partial charge < -0.3 is 5.73 Å². The highest BCUT2D eigenvalue weighted by Crippen LogP contribution is 2.19. The molecule has 2 nitrogen and oxygen atoms in total. The fourth-order valence-corrected chi connectivity index (χ4v) is 1.96. The molecular formula is C14H22N2. The molecule has 0 saturated heterocycles. The second kappa shape index (κ2) is 8.05. The van der Waals surface area contributed by atoms with Crippen LogP contribution in [0.25, 0.3) is 0 Å². The highest BCUT2D eigenvalue weighted by atomic mass is 14.8. The van der Waals surface area contributed by atoms with Gasteiger partial charge in [-0.3, -0.25) is 4.99 Å². The maximum Gasteiger partial charge on any atom is 0.0499 e. The van der Waals surface area contributed by atoms with Crippen LogP contribution in [0, 0.1) is 0 Å². The van der Waals surface area contributed by atoms with Gasteiger partial charge in [-0.1, -0.05) is 49.6 Å². The van der Waals surface area contributed by atoms with Crippen molar-refractivity contribution in [2.75, 3.05) is 7.05 Å². The van der Waals surface area contributed by atoms with Gasteiger partial charge in [-0.2, -0.15) is 0 Å². The van der Waals surface area contributed by atoms with Crippen LogP contribution >= 0.6 is 0 Å². The van der Waals surface area contributed by atoms with Gasteiger partial charge in [-0.05, 0) is 25.5 Å². The number of hydrogen-bond acceptors (Lipinski definition) is 2. The summed E-state index contributed by atoms with van der Waals surface area (Å²) >= 11 is 0. The minimum absolute atomic E-state index is 0.587. The lowest BCUT2D eigenvalue weighted by molar-refractivity contribution is 0.444. The third kappa shape index (κ3) is 4.58. The van der Waals surface area contributed by atoms with Crippen LogP contribution in [0.4, 0.5) is 0 Å². The summed E-state index contributed by atoms with van der Waals surface area (Å²) in [5, 5.41) is 0. The number of hydrogen-bond donors (Lipinski definition) is 1. The van der Waals surface area contributed by atoms with E-state index in [9.17, 15) is 0 Å². The van der Waals surface area contributed by atoms with Crippen LogP contribution < -0.4 is 5.73 Å². The predicted octanol–water partition coefficient (Wildman–Crippen LogP) is 3.01. The van der Waals surface area contributed by atoms with Crippen molar-refractivity contribution in [3.63, 3.8) is 0 Å². The summed E-state index contributed by atoms with van der Waals surface area (Å²) in [4.78, 5) is 4.63. The third-order valence-corrected chi connectivity index (χ3v) is 2.81. The normalized spacial score (nSPS) is 16.9. The van der Waals surface area contributed by atoms with E-state index in [4.69, 9.17) is 0 Å².